The lowest BCUT2D eigenvalue weighted by atomic mass is 10.2. The van der Waals surface area contributed by atoms with Crippen LogP contribution in [-0.2, 0) is 6.54 Å². The third-order valence-electron chi connectivity index (χ3n) is 3.00. The van der Waals surface area contributed by atoms with Crippen molar-refractivity contribution in [3.63, 3.8) is 0 Å². The van der Waals surface area contributed by atoms with Gasteiger partial charge in [-0.1, -0.05) is 11.6 Å². The summed E-state index contributed by atoms with van der Waals surface area (Å²) in [5.74, 6) is -1.41. The maximum atomic E-state index is 13.7. The molecule has 1 N–H and O–H groups in total. The Balaban J connectivity index is 1.90. The summed E-state index contributed by atoms with van der Waals surface area (Å²) in [6.45, 7) is 2.24. The van der Waals surface area contributed by atoms with Gasteiger partial charge in [-0.05, 0) is 13.0 Å². The predicted octanol–water partition coefficient (Wildman–Crippen LogP) is 4.25. The minimum atomic E-state index is -0.710. The third kappa shape index (κ3) is 2.25. The van der Waals surface area contributed by atoms with E-state index in [1.54, 1.807) is 0 Å². The van der Waals surface area contributed by atoms with Gasteiger partial charge in [0.1, 0.15) is 5.82 Å². The molecule has 0 radical (unpaired) electrons. The standard InChI is InChI=1S/C13H10ClF2N3S/c1-7-11(19-2-3-20-13(19)18-7)6-17-12-9(14)4-8(15)5-10(12)16/h2-5,17H,6H2,1H3. The van der Waals surface area contributed by atoms with Crippen molar-refractivity contribution in [2.24, 2.45) is 0 Å². The van der Waals surface area contributed by atoms with Crippen molar-refractivity contribution in [1.29, 1.82) is 0 Å². The summed E-state index contributed by atoms with van der Waals surface area (Å²) >= 11 is 7.38. The van der Waals surface area contributed by atoms with Gasteiger partial charge in [0.15, 0.2) is 10.8 Å². The molecule has 0 aliphatic heterocycles. The molecule has 0 saturated heterocycles. The minimum Gasteiger partial charge on any atom is -0.376 e. The topological polar surface area (TPSA) is 29.3 Å². The molecule has 7 heteroatoms. The largest absolute Gasteiger partial charge is 0.376 e. The Hall–Kier alpha value is -1.66. The molecule has 0 atom stereocenters. The maximum absolute atomic E-state index is 13.7. The molecule has 3 nitrogen and oxygen atoms in total. The fraction of sp³-hybridized carbons (Fsp3) is 0.154. The Labute approximate surface area is 122 Å². The molecular weight excluding hydrogens is 304 g/mol. The van der Waals surface area contributed by atoms with Crippen LogP contribution in [0.2, 0.25) is 5.02 Å². The lowest BCUT2D eigenvalue weighted by molar-refractivity contribution is 0.585. The number of halogens is 3. The second kappa shape index (κ2) is 5.03. The smallest absolute Gasteiger partial charge is 0.194 e. The van der Waals surface area contributed by atoms with Gasteiger partial charge in [-0.15, -0.1) is 11.3 Å². The molecule has 2 heterocycles. The Morgan fingerprint density at radius 1 is 1.40 bits per heavy atom. The number of aryl methyl sites for hydroxylation is 1. The summed E-state index contributed by atoms with van der Waals surface area (Å²) < 4.78 is 28.6. The first-order valence-corrected chi connectivity index (χ1v) is 7.11. The Bertz CT molecular complexity index is 758. The van der Waals surface area contributed by atoms with Crippen LogP contribution in [0.3, 0.4) is 0 Å². The van der Waals surface area contributed by atoms with E-state index in [2.05, 4.69) is 10.3 Å². The minimum absolute atomic E-state index is 0.0197. The van der Waals surface area contributed by atoms with Gasteiger partial charge in [-0.3, -0.25) is 4.40 Å². The fourth-order valence-electron chi connectivity index (χ4n) is 2.04. The summed E-state index contributed by atoms with van der Waals surface area (Å²) in [6, 6.07) is 1.88. The Morgan fingerprint density at radius 2 is 2.20 bits per heavy atom. The van der Waals surface area contributed by atoms with E-state index in [0.717, 1.165) is 28.5 Å². The van der Waals surface area contributed by atoms with E-state index in [1.165, 1.54) is 11.3 Å². The van der Waals surface area contributed by atoms with E-state index in [4.69, 9.17) is 11.6 Å². The van der Waals surface area contributed by atoms with Gasteiger partial charge in [0.05, 0.1) is 28.6 Å². The highest BCUT2D eigenvalue weighted by Gasteiger charge is 2.13. The van der Waals surface area contributed by atoms with Crippen LogP contribution in [0.4, 0.5) is 14.5 Å². The van der Waals surface area contributed by atoms with Crippen LogP contribution < -0.4 is 5.32 Å². The molecule has 0 amide bonds. The molecule has 0 bridgehead atoms. The second-order valence-electron chi connectivity index (χ2n) is 4.30. The number of nitrogens with zero attached hydrogens (tertiary/aromatic N) is 2. The summed E-state index contributed by atoms with van der Waals surface area (Å²) in [6.07, 6.45) is 1.90. The first-order valence-electron chi connectivity index (χ1n) is 5.85. The van der Waals surface area contributed by atoms with E-state index >= 15 is 0 Å². The predicted molar refractivity (Wildman–Crippen MR) is 76.5 cm³/mol. The van der Waals surface area contributed by atoms with Gasteiger partial charge >= 0.3 is 0 Å². The number of hydrogen-bond acceptors (Lipinski definition) is 3. The van der Waals surface area contributed by atoms with E-state index in [0.29, 0.717) is 6.54 Å². The monoisotopic (exact) mass is 313 g/mol. The Kier molecular flexibility index (Phi) is 3.35. The van der Waals surface area contributed by atoms with Crippen LogP contribution in [0.15, 0.2) is 23.7 Å². The average molecular weight is 314 g/mol. The van der Waals surface area contributed by atoms with Gasteiger partial charge in [0.2, 0.25) is 0 Å². The highest BCUT2D eigenvalue weighted by Crippen LogP contribution is 2.27. The van der Waals surface area contributed by atoms with Crippen molar-refractivity contribution < 1.29 is 8.78 Å². The molecule has 3 aromatic rings. The zero-order chi connectivity index (χ0) is 14.3. The zero-order valence-corrected chi connectivity index (χ0v) is 12.0. The van der Waals surface area contributed by atoms with Crippen LogP contribution in [0.1, 0.15) is 11.4 Å². The van der Waals surface area contributed by atoms with Crippen LogP contribution in [0, 0.1) is 18.6 Å². The number of rotatable bonds is 3. The molecule has 0 spiro atoms. The molecule has 0 saturated carbocycles. The molecule has 1 aromatic carbocycles. The number of benzene rings is 1. The number of thiazole rings is 1. The van der Waals surface area contributed by atoms with Crippen LogP contribution in [-0.4, -0.2) is 9.38 Å². The van der Waals surface area contributed by atoms with E-state index in [1.807, 2.05) is 22.9 Å². The summed E-state index contributed by atoms with van der Waals surface area (Å²) in [4.78, 5) is 5.28. The van der Waals surface area contributed by atoms with Crippen LogP contribution in [0.5, 0.6) is 0 Å². The first-order chi connectivity index (χ1) is 9.56. The van der Waals surface area contributed by atoms with Gasteiger partial charge in [0.25, 0.3) is 0 Å². The second-order valence-corrected chi connectivity index (χ2v) is 5.58. The van der Waals surface area contributed by atoms with Gasteiger partial charge in [0, 0.05) is 17.6 Å². The molecule has 0 aliphatic carbocycles. The van der Waals surface area contributed by atoms with Crippen molar-refractivity contribution in [3.05, 3.63) is 51.8 Å². The Morgan fingerprint density at radius 3 is 2.95 bits per heavy atom. The van der Waals surface area contributed by atoms with Crippen molar-refractivity contribution in [1.82, 2.24) is 9.38 Å². The number of aromatic nitrogens is 2. The molecule has 20 heavy (non-hydrogen) atoms. The van der Waals surface area contributed by atoms with E-state index in [9.17, 15) is 8.78 Å². The zero-order valence-electron chi connectivity index (χ0n) is 10.5. The quantitative estimate of drug-likeness (QED) is 0.783. The lowest BCUT2D eigenvalue weighted by Crippen LogP contribution is -2.06. The van der Waals surface area contributed by atoms with E-state index in [-0.39, 0.29) is 10.7 Å². The van der Waals surface area contributed by atoms with Crippen molar-refractivity contribution in [2.45, 2.75) is 13.5 Å². The highest BCUT2D eigenvalue weighted by atomic mass is 35.5. The molecule has 0 aliphatic rings. The van der Waals surface area contributed by atoms with E-state index < -0.39 is 11.6 Å². The molecule has 2 aromatic heterocycles. The number of anilines is 1. The van der Waals surface area contributed by atoms with Crippen molar-refractivity contribution in [3.8, 4) is 0 Å². The summed E-state index contributed by atoms with van der Waals surface area (Å²) in [5.41, 5.74) is 1.88. The summed E-state index contributed by atoms with van der Waals surface area (Å²) in [7, 11) is 0. The maximum Gasteiger partial charge on any atom is 0.194 e. The fourth-order valence-corrected chi connectivity index (χ4v) is 3.08. The van der Waals surface area contributed by atoms with Crippen molar-refractivity contribution in [2.75, 3.05) is 5.32 Å². The van der Waals surface area contributed by atoms with Gasteiger partial charge in [-0.2, -0.15) is 0 Å². The summed E-state index contributed by atoms with van der Waals surface area (Å²) in [5, 5.41) is 4.85. The number of fused-ring (bicyclic) bond motifs is 1. The number of imidazole rings is 1. The first kappa shape index (κ1) is 13.3. The lowest BCUT2D eigenvalue weighted by Gasteiger charge is -2.10. The molecule has 0 unspecified atom stereocenters. The normalized spacial score (nSPS) is 11.2. The number of hydrogen-bond donors (Lipinski definition) is 1. The number of nitrogens with one attached hydrogen (secondary N) is 1. The third-order valence-corrected chi connectivity index (χ3v) is 4.06. The highest BCUT2D eigenvalue weighted by molar-refractivity contribution is 7.15. The van der Waals surface area contributed by atoms with Gasteiger partial charge < -0.3 is 5.32 Å². The molecule has 0 fully saturated rings. The molecule has 3 rings (SSSR count). The van der Waals surface area contributed by atoms with Crippen LogP contribution >= 0.6 is 22.9 Å². The average Bonchev–Trinajstić information content (AvgIpc) is 2.90. The molecule has 104 valence electrons. The van der Waals surface area contributed by atoms with Gasteiger partial charge in [-0.25, -0.2) is 13.8 Å². The SMILES string of the molecule is Cc1nc2sccn2c1CNc1c(F)cc(F)cc1Cl. The van der Waals surface area contributed by atoms with Crippen LogP contribution in [0.25, 0.3) is 4.96 Å². The molecular formula is C13H10ClF2N3S. The van der Waals surface area contributed by atoms with Crippen molar-refractivity contribution >= 4 is 33.6 Å².